The van der Waals surface area contributed by atoms with E-state index in [4.69, 9.17) is 4.74 Å². The average Bonchev–Trinajstić information content (AvgIpc) is 3.10. The molecule has 2 amide bonds. The minimum absolute atomic E-state index is 0.117. The van der Waals surface area contributed by atoms with Gasteiger partial charge in [0, 0.05) is 18.8 Å². The molecule has 1 aromatic rings. The van der Waals surface area contributed by atoms with E-state index in [9.17, 15) is 18.0 Å². The number of carbonyl (C=O) groups is 2. The predicted molar refractivity (Wildman–Crippen MR) is 92.2 cm³/mol. The van der Waals surface area contributed by atoms with E-state index in [2.05, 4.69) is 5.32 Å². The molecule has 0 saturated carbocycles. The highest BCUT2D eigenvalue weighted by atomic mass is 32.2. The molecule has 2 aliphatic heterocycles. The molecule has 3 rings (SSSR count). The van der Waals surface area contributed by atoms with Gasteiger partial charge in [-0.25, -0.2) is 13.2 Å². The van der Waals surface area contributed by atoms with Gasteiger partial charge in [0.05, 0.1) is 16.6 Å². The van der Waals surface area contributed by atoms with E-state index in [1.165, 1.54) is 11.0 Å². The van der Waals surface area contributed by atoms with Crippen LogP contribution in [0.4, 0.5) is 10.5 Å². The first kappa shape index (κ1) is 17.7. The monoisotopic (exact) mass is 366 g/mol. The first-order chi connectivity index (χ1) is 11.6. The number of benzene rings is 1. The number of rotatable bonds is 2. The topological polar surface area (TPSA) is 92.8 Å². The second-order valence-corrected chi connectivity index (χ2v) is 9.65. The van der Waals surface area contributed by atoms with Gasteiger partial charge < -0.3 is 15.0 Å². The van der Waals surface area contributed by atoms with E-state index in [1.807, 2.05) is 0 Å². The third kappa shape index (κ3) is 3.63. The van der Waals surface area contributed by atoms with Crippen molar-refractivity contribution in [2.24, 2.45) is 0 Å². The van der Waals surface area contributed by atoms with Gasteiger partial charge in [-0.1, -0.05) is 0 Å². The average molecular weight is 366 g/mol. The number of amides is 2. The van der Waals surface area contributed by atoms with Crippen LogP contribution in [0.5, 0.6) is 0 Å². The first-order valence-electron chi connectivity index (χ1n) is 8.21. The van der Waals surface area contributed by atoms with Crippen molar-refractivity contribution in [1.82, 2.24) is 4.90 Å². The van der Waals surface area contributed by atoms with Gasteiger partial charge in [0.2, 0.25) is 5.91 Å². The SMILES string of the molecule is CC(C)(C)OC(=O)N1CC[C@@H](S(=O)(=O)c2ccc3c(c2)CC(=O)N3)C1. The molecule has 0 bridgehead atoms. The molecule has 2 heterocycles. The number of fused-ring (bicyclic) bond motifs is 1. The molecule has 1 N–H and O–H groups in total. The van der Waals surface area contributed by atoms with E-state index in [0.717, 1.165) is 0 Å². The number of carbonyl (C=O) groups excluding carboxylic acids is 2. The van der Waals surface area contributed by atoms with Crippen molar-refractivity contribution < 1.29 is 22.7 Å². The van der Waals surface area contributed by atoms with Crippen molar-refractivity contribution in [3.05, 3.63) is 23.8 Å². The summed E-state index contributed by atoms with van der Waals surface area (Å²) >= 11 is 0. The van der Waals surface area contributed by atoms with Crippen molar-refractivity contribution in [2.75, 3.05) is 18.4 Å². The fourth-order valence-electron chi connectivity index (χ4n) is 3.05. The Hall–Kier alpha value is -2.09. The molecule has 0 unspecified atom stereocenters. The van der Waals surface area contributed by atoms with E-state index in [-0.39, 0.29) is 23.8 Å². The van der Waals surface area contributed by atoms with Gasteiger partial charge >= 0.3 is 6.09 Å². The largest absolute Gasteiger partial charge is 0.444 e. The van der Waals surface area contributed by atoms with Crippen molar-refractivity contribution >= 4 is 27.5 Å². The van der Waals surface area contributed by atoms with E-state index < -0.39 is 26.8 Å². The zero-order valence-corrected chi connectivity index (χ0v) is 15.4. The third-order valence-corrected chi connectivity index (χ3v) is 6.44. The summed E-state index contributed by atoms with van der Waals surface area (Å²) in [6, 6.07) is 4.68. The zero-order chi connectivity index (χ0) is 18.4. The molecule has 8 heteroatoms. The molecule has 0 aromatic heterocycles. The smallest absolute Gasteiger partial charge is 0.410 e. The van der Waals surface area contributed by atoms with Gasteiger partial charge in [0.25, 0.3) is 0 Å². The molecule has 1 saturated heterocycles. The maximum absolute atomic E-state index is 12.9. The molecule has 0 radical (unpaired) electrons. The summed E-state index contributed by atoms with van der Waals surface area (Å²) in [7, 11) is -3.58. The molecule has 0 spiro atoms. The summed E-state index contributed by atoms with van der Waals surface area (Å²) in [6.07, 6.45) is 0.0671. The van der Waals surface area contributed by atoms with Gasteiger partial charge in [-0.05, 0) is 51.0 Å². The minimum atomic E-state index is -3.58. The summed E-state index contributed by atoms with van der Waals surface area (Å²) in [4.78, 5) is 25.2. The molecule has 136 valence electrons. The number of nitrogens with one attached hydrogen (secondary N) is 1. The highest BCUT2D eigenvalue weighted by Gasteiger charge is 2.38. The van der Waals surface area contributed by atoms with Gasteiger partial charge in [-0.15, -0.1) is 0 Å². The van der Waals surface area contributed by atoms with Crippen LogP contribution in [0.2, 0.25) is 0 Å². The molecule has 0 aliphatic carbocycles. The second kappa shape index (κ2) is 6.01. The fourth-order valence-corrected chi connectivity index (χ4v) is 4.79. The lowest BCUT2D eigenvalue weighted by Gasteiger charge is -2.24. The van der Waals surface area contributed by atoms with Crippen molar-refractivity contribution in [2.45, 2.75) is 49.4 Å². The molecule has 1 fully saturated rings. The van der Waals surface area contributed by atoms with Crippen LogP contribution in [0.1, 0.15) is 32.8 Å². The molecular formula is C17H22N2O5S. The van der Waals surface area contributed by atoms with Crippen LogP contribution in [0.3, 0.4) is 0 Å². The Morgan fingerprint density at radius 2 is 2.04 bits per heavy atom. The number of ether oxygens (including phenoxy) is 1. The predicted octanol–water partition coefficient (Wildman–Crippen LogP) is 1.96. The molecule has 2 aliphatic rings. The maximum atomic E-state index is 12.9. The number of anilines is 1. The molecule has 1 aromatic carbocycles. The normalized spacial score (nSPS) is 20.4. The van der Waals surface area contributed by atoms with Crippen LogP contribution < -0.4 is 5.32 Å². The van der Waals surface area contributed by atoms with Crippen LogP contribution in [0.15, 0.2) is 23.1 Å². The lowest BCUT2D eigenvalue weighted by atomic mass is 10.2. The highest BCUT2D eigenvalue weighted by Crippen LogP contribution is 2.30. The van der Waals surface area contributed by atoms with Crippen LogP contribution in [0.25, 0.3) is 0 Å². The van der Waals surface area contributed by atoms with Gasteiger partial charge in [-0.3, -0.25) is 4.79 Å². The Kier molecular flexibility index (Phi) is 4.26. The number of nitrogens with zero attached hydrogens (tertiary/aromatic N) is 1. The molecule has 1 atom stereocenters. The summed E-state index contributed by atoms with van der Waals surface area (Å²) in [6.45, 7) is 5.79. The van der Waals surface area contributed by atoms with Gasteiger partial charge in [-0.2, -0.15) is 0 Å². The summed E-state index contributed by atoms with van der Waals surface area (Å²) in [5, 5.41) is 2.02. The Morgan fingerprint density at radius 3 is 2.72 bits per heavy atom. The Labute approximate surface area is 147 Å². The summed E-state index contributed by atoms with van der Waals surface area (Å²) in [5.41, 5.74) is 0.729. The first-order valence-corrected chi connectivity index (χ1v) is 9.75. The van der Waals surface area contributed by atoms with Gasteiger partial charge in [0.15, 0.2) is 9.84 Å². The third-order valence-electron chi connectivity index (χ3n) is 4.27. The van der Waals surface area contributed by atoms with E-state index in [0.29, 0.717) is 24.2 Å². The molecule has 7 nitrogen and oxygen atoms in total. The van der Waals surface area contributed by atoms with Crippen LogP contribution in [0, 0.1) is 0 Å². The Balaban J connectivity index is 1.75. The minimum Gasteiger partial charge on any atom is -0.444 e. The number of hydrogen-bond donors (Lipinski definition) is 1. The number of sulfone groups is 1. The number of likely N-dealkylation sites (tertiary alicyclic amines) is 1. The second-order valence-electron chi connectivity index (χ2n) is 7.43. The van der Waals surface area contributed by atoms with Gasteiger partial charge in [0.1, 0.15) is 5.60 Å². The summed E-state index contributed by atoms with van der Waals surface area (Å²) < 4.78 is 31.1. The van der Waals surface area contributed by atoms with E-state index >= 15 is 0 Å². The highest BCUT2D eigenvalue weighted by molar-refractivity contribution is 7.92. The van der Waals surface area contributed by atoms with E-state index in [1.54, 1.807) is 32.9 Å². The molecular weight excluding hydrogens is 344 g/mol. The summed E-state index contributed by atoms with van der Waals surface area (Å²) in [5.74, 6) is -0.137. The van der Waals surface area contributed by atoms with Crippen molar-refractivity contribution in [1.29, 1.82) is 0 Å². The van der Waals surface area contributed by atoms with Crippen molar-refractivity contribution in [3.8, 4) is 0 Å². The lowest BCUT2D eigenvalue weighted by molar-refractivity contribution is -0.115. The quantitative estimate of drug-likeness (QED) is 0.864. The van der Waals surface area contributed by atoms with Crippen molar-refractivity contribution in [3.63, 3.8) is 0 Å². The molecule has 25 heavy (non-hydrogen) atoms. The lowest BCUT2D eigenvalue weighted by Crippen LogP contribution is -2.36. The Bertz CT molecular complexity index is 826. The fraction of sp³-hybridized carbons (Fsp3) is 0.529. The van der Waals surface area contributed by atoms with Crippen LogP contribution in [-0.4, -0.2) is 49.3 Å². The van der Waals surface area contributed by atoms with Crippen LogP contribution in [-0.2, 0) is 25.8 Å². The maximum Gasteiger partial charge on any atom is 0.410 e. The standard InChI is InChI=1S/C17H22N2O5S/c1-17(2,3)24-16(21)19-7-6-13(10-19)25(22,23)12-4-5-14-11(8-12)9-15(20)18-14/h4-5,8,13H,6-7,9-10H2,1-3H3,(H,18,20)/t13-/m1/s1. The Morgan fingerprint density at radius 1 is 1.32 bits per heavy atom. The van der Waals surface area contributed by atoms with Crippen LogP contribution >= 0.6 is 0 Å². The zero-order valence-electron chi connectivity index (χ0n) is 14.5. The number of hydrogen-bond acceptors (Lipinski definition) is 5.